The van der Waals surface area contributed by atoms with Crippen molar-refractivity contribution in [2.24, 2.45) is 5.73 Å². The van der Waals surface area contributed by atoms with Crippen molar-refractivity contribution in [1.29, 1.82) is 0 Å². The smallest absolute Gasteiger partial charge is 0.242 e. The van der Waals surface area contributed by atoms with Crippen LogP contribution in [0.2, 0.25) is 0 Å². The summed E-state index contributed by atoms with van der Waals surface area (Å²) in [6.07, 6.45) is 0.461. The van der Waals surface area contributed by atoms with E-state index >= 15 is 0 Å². The average Bonchev–Trinajstić information content (AvgIpc) is 2.65. The monoisotopic (exact) mass is 377 g/mol. The predicted molar refractivity (Wildman–Crippen MR) is 100 cm³/mol. The quantitative estimate of drug-likeness (QED) is 0.317. The van der Waals surface area contributed by atoms with Crippen molar-refractivity contribution < 1.29 is 19.2 Å². The topological polar surface area (TPSA) is 142 Å². The molecular weight excluding hydrogens is 350 g/mol. The summed E-state index contributed by atoms with van der Waals surface area (Å²) in [4.78, 5) is 47.2. The fourth-order valence-electron chi connectivity index (χ4n) is 2.24. The van der Waals surface area contributed by atoms with Crippen LogP contribution in [0.4, 0.5) is 0 Å². The molecule has 27 heavy (non-hydrogen) atoms. The van der Waals surface area contributed by atoms with E-state index in [0.29, 0.717) is 13.0 Å². The summed E-state index contributed by atoms with van der Waals surface area (Å²) in [5.74, 6) is -1.64. The fourth-order valence-corrected chi connectivity index (χ4v) is 2.24. The molecule has 0 bridgehead atoms. The van der Waals surface area contributed by atoms with Gasteiger partial charge in [-0.25, -0.2) is 0 Å². The normalized spacial score (nSPS) is 11.2. The number of amides is 4. The highest BCUT2D eigenvalue weighted by molar-refractivity contribution is 5.91. The third kappa shape index (κ3) is 9.36. The Morgan fingerprint density at radius 1 is 0.926 bits per heavy atom. The molecule has 0 aliphatic carbocycles. The molecule has 0 aliphatic heterocycles. The van der Waals surface area contributed by atoms with Crippen LogP contribution in [0, 0.1) is 0 Å². The third-order valence-corrected chi connectivity index (χ3v) is 3.55. The Morgan fingerprint density at radius 3 is 2.19 bits per heavy atom. The first-order chi connectivity index (χ1) is 13.0. The van der Waals surface area contributed by atoms with Crippen molar-refractivity contribution in [2.75, 3.05) is 26.2 Å². The van der Waals surface area contributed by atoms with Gasteiger partial charge in [0, 0.05) is 25.9 Å². The number of nitrogens with one attached hydrogen (secondary N) is 4. The lowest BCUT2D eigenvalue weighted by molar-refractivity contribution is -0.130. The van der Waals surface area contributed by atoms with Crippen molar-refractivity contribution in [3.8, 4) is 0 Å². The van der Waals surface area contributed by atoms with Crippen molar-refractivity contribution in [2.45, 2.75) is 25.8 Å². The molecule has 0 saturated carbocycles. The minimum Gasteiger partial charge on any atom is -0.355 e. The molecule has 0 aromatic heterocycles. The summed E-state index contributed by atoms with van der Waals surface area (Å²) in [5, 5.41) is 10.1. The first-order valence-electron chi connectivity index (χ1n) is 8.80. The summed E-state index contributed by atoms with van der Waals surface area (Å²) >= 11 is 0. The van der Waals surface area contributed by atoms with Crippen molar-refractivity contribution in [3.63, 3.8) is 0 Å². The van der Waals surface area contributed by atoms with E-state index in [2.05, 4.69) is 21.3 Å². The minimum atomic E-state index is -0.749. The van der Waals surface area contributed by atoms with E-state index in [0.717, 1.165) is 5.56 Å². The average molecular weight is 377 g/mol. The Balaban J connectivity index is 2.49. The van der Waals surface area contributed by atoms with Crippen molar-refractivity contribution >= 4 is 23.6 Å². The van der Waals surface area contributed by atoms with Gasteiger partial charge in [-0.05, 0) is 12.5 Å². The molecule has 1 atom stereocenters. The lowest BCUT2D eigenvalue weighted by atomic mass is 10.1. The number of carbonyl (C=O) groups excluding carboxylic acids is 4. The number of carbonyl (C=O) groups is 4. The van der Waals surface area contributed by atoms with E-state index in [1.807, 2.05) is 30.3 Å². The zero-order valence-electron chi connectivity index (χ0n) is 15.4. The molecule has 1 aromatic rings. The van der Waals surface area contributed by atoms with E-state index in [9.17, 15) is 19.2 Å². The molecule has 9 heteroatoms. The van der Waals surface area contributed by atoms with Crippen molar-refractivity contribution in [1.82, 2.24) is 21.3 Å². The van der Waals surface area contributed by atoms with Crippen LogP contribution in [0.1, 0.15) is 18.9 Å². The van der Waals surface area contributed by atoms with Gasteiger partial charge in [0.2, 0.25) is 23.6 Å². The lowest BCUT2D eigenvalue weighted by Crippen LogP contribution is -2.51. The van der Waals surface area contributed by atoms with Crippen LogP contribution >= 0.6 is 0 Å². The second-order valence-electron chi connectivity index (χ2n) is 5.80. The molecule has 6 N–H and O–H groups in total. The second kappa shape index (κ2) is 12.4. The van der Waals surface area contributed by atoms with Crippen LogP contribution in [0.5, 0.6) is 0 Å². The number of hydrogen-bond acceptors (Lipinski definition) is 5. The van der Waals surface area contributed by atoms with E-state index in [1.54, 1.807) is 6.92 Å². The van der Waals surface area contributed by atoms with Gasteiger partial charge >= 0.3 is 0 Å². The van der Waals surface area contributed by atoms with Gasteiger partial charge in [0.15, 0.2) is 0 Å². The maximum absolute atomic E-state index is 12.2. The van der Waals surface area contributed by atoms with Gasteiger partial charge < -0.3 is 27.0 Å². The number of hydrogen-bond donors (Lipinski definition) is 5. The molecule has 0 radical (unpaired) electrons. The van der Waals surface area contributed by atoms with Crippen LogP contribution in [0.3, 0.4) is 0 Å². The maximum Gasteiger partial charge on any atom is 0.242 e. The Bertz CT molecular complexity index is 636. The van der Waals surface area contributed by atoms with Gasteiger partial charge in [-0.1, -0.05) is 30.3 Å². The summed E-state index contributed by atoms with van der Waals surface area (Å²) < 4.78 is 0. The molecule has 0 fully saturated rings. The Hall–Kier alpha value is -2.94. The molecule has 0 aliphatic rings. The first kappa shape index (κ1) is 22.1. The zero-order valence-corrected chi connectivity index (χ0v) is 15.4. The molecule has 1 unspecified atom stereocenters. The molecule has 0 heterocycles. The molecule has 0 spiro atoms. The van der Waals surface area contributed by atoms with Crippen LogP contribution in [0.15, 0.2) is 30.3 Å². The number of benzene rings is 1. The second-order valence-corrected chi connectivity index (χ2v) is 5.80. The SMILES string of the molecule is CCNC(=O)C(Cc1ccccc1)NC(=O)CNC(=O)CNC(=O)CCN. The fraction of sp³-hybridized carbons (Fsp3) is 0.444. The number of rotatable bonds is 11. The Morgan fingerprint density at radius 2 is 1.56 bits per heavy atom. The largest absolute Gasteiger partial charge is 0.355 e. The summed E-state index contributed by atoms with van der Waals surface area (Å²) in [6.45, 7) is 1.89. The summed E-state index contributed by atoms with van der Waals surface area (Å²) in [7, 11) is 0. The molecule has 0 saturated heterocycles. The zero-order chi connectivity index (χ0) is 20.1. The number of likely N-dealkylation sites (N-methyl/N-ethyl adjacent to an activating group) is 1. The van der Waals surface area contributed by atoms with Crippen LogP contribution in [0.25, 0.3) is 0 Å². The van der Waals surface area contributed by atoms with Gasteiger partial charge in [-0.2, -0.15) is 0 Å². The molecule has 4 amide bonds. The Kier molecular flexibility index (Phi) is 10.2. The molecular formula is C18H27N5O4. The van der Waals surface area contributed by atoms with Gasteiger partial charge in [-0.3, -0.25) is 19.2 Å². The summed E-state index contributed by atoms with van der Waals surface area (Å²) in [6, 6.07) is 8.55. The van der Waals surface area contributed by atoms with Gasteiger partial charge in [0.05, 0.1) is 13.1 Å². The molecule has 1 aromatic carbocycles. The van der Waals surface area contributed by atoms with Gasteiger partial charge in [0.1, 0.15) is 6.04 Å². The summed E-state index contributed by atoms with van der Waals surface area (Å²) in [5.41, 5.74) is 6.14. The van der Waals surface area contributed by atoms with Crippen LogP contribution < -0.4 is 27.0 Å². The van der Waals surface area contributed by atoms with E-state index in [-0.39, 0.29) is 37.9 Å². The van der Waals surface area contributed by atoms with Crippen LogP contribution in [-0.2, 0) is 25.6 Å². The molecule has 9 nitrogen and oxygen atoms in total. The van der Waals surface area contributed by atoms with E-state index in [4.69, 9.17) is 5.73 Å². The minimum absolute atomic E-state index is 0.126. The Labute approximate surface area is 158 Å². The van der Waals surface area contributed by atoms with E-state index in [1.165, 1.54) is 0 Å². The van der Waals surface area contributed by atoms with Gasteiger partial charge in [0.25, 0.3) is 0 Å². The highest BCUT2D eigenvalue weighted by Gasteiger charge is 2.20. The molecule has 148 valence electrons. The maximum atomic E-state index is 12.2. The third-order valence-electron chi connectivity index (χ3n) is 3.55. The van der Waals surface area contributed by atoms with Crippen molar-refractivity contribution in [3.05, 3.63) is 35.9 Å². The van der Waals surface area contributed by atoms with Gasteiger partial charge in [-0.15, -0.1) is 0 Å². The first-order valence-corrected chi connectivity index (χ1v) is 8.80. The standard InChI is InChI=1S/C18H27N5O4/c1-2-20-18(27)14(10-13-6-4-3-5-7-13)23-17(26)12-22-16(25)11-21-15(24)8-9-19/h3-7,14H,2,8-12,19H2,1H3,(H,20,27)(H,21,24)(H,22,25)(H,23,26). The number of nitrogens with two attached hydrogens (primary N) is 1. The lowest BCUT2D eigenvalue weighted by Gasteiger charge is -2.18. The molecule has 1 rings (SSSR count). The highest BCUT2D eigenvalue weighted by Crippen LogP contribution is 2.03. The predicted octanol–water partition coefficient (Wildman–Crippen LogP) is -1.57. The van der Waals surface area contributed by atoms with E-state index < -0.39 is 17.9 Å². The highest BCUT2D eigenvalue weighted by atomic mass is 16.2. The van der Waals surface area contributed by atoms with Crippen LogP contribution in [-0.4, -0.2) is 55.8 Å².